The Kier molecular flexibility index (Phi) is 8.08. The van der Waals surface area contributed by atoms with Crippen molar-refractivity contribution in [3.63, 3.8) is 0 Å². The molecular formula is C31H27F3N4O5S. The number of hydrogen-bond donors (Lipinski definition) is 1. The number of anilines is 1. The average molecular weight is 625 g/mol. The summed E-state index contributed by atoms with van der Waals surface area (Å²) in [6.45, 7) is -0.119. The first-order valence-corrected chi connectivity index (χ1v) is 14.8. The molecule has 228 valence electrons. The van der Waals surface area contributed by atoms with Gasteiger partial charge in [0.15, 0.2) is 5.69 Å². The highest BCUT2D eigenvalue weighted by atomic mass is 32.2. The van der Waals surface area contributed by atoms with Crippen LogP contribution in [-0.4, -0.2) is 51.2 Å². The maximum Gasteiger partial charge on any atom is 0.435 e. The maximum atomic E-state index is 14.1. The fourth-order valence-corrected chi connectivity index (χ4v) is 6.21. The van der Waals surface area contributed by atoms with Crippen LogP contribution in [0, 0.1) is 0 Å². The summed E-state index contributed by atoms with van der Waals surface area (Å²) in [4.78, 5) is 30.6. The highest BCUT2D eigenvalue weighted by molar-refractivity contribution is 7.95. The lowest BCUT2D eigenvalue weighted by Gasteiger charge is -2.25. The van der Waals surface area contributed by atoms with Gasteiger partial charge in [0.2, 0.25) is 0 Å². The zero-order valence-corrected chi connectivity index (χ0v) is 24.3. The van der Waals surface area contributed by atoms with Gasteiger partial charge in [-0.3, -0.25) is 9.78 Å². The van der Waals surface area contributed by atoms with Gasteiger partial charge in [0.1, 0.15) is 5.75 Å². The minimum absolute atomic E-state index is 0.0572. The Balaban J connectivity index is 1.28. The number of alkyl halides is 3. The normalized spacial score (nSPS) is 15.9. The van der Waals surface area contributed by atoms with Crippen LogP contribution in [-0.2, 0) is 30.4 Å². The highest BCUT2D eigenvalue weighted by Gasteiger charge is 2.42. The molecular weight excluding hydrogens is 597 g/mol. The van der Waals surface area contributed by atoms with Crippen LogP contribution in [0.2, 0.25) is 0 Å². The van der Waals surface area contributed by atoms with E-state index in [1.165, 1.54) is 39.9 Å². The number of carbonyl (C=O) groups is 2. The van der Waals surface area contributed by atoms with E-state index in [1.807, 2.05) is 6.07 Å². The second-order valence-electron chi connectivity index (χ2n) is 10.6. The van der Waals surface area contributed by atoms with Crippen molar-refractivity contribution in [2.45, 2.75) is 38.0 Å². The molecule has 0 saturated heterocycles. The predicted molar refractivity (Wildman–Crippen MR) is 156 cm³/mol. The standard InChI is InChI=1S/C31H27F3N4O5S/c1-37(23-12-19-4-3-7-26(19)35-14-23)29(39)20-5-2-6-22(13-20)38-27-21(15-42-16-25(27)28(36-38)31(32,33)34)17-44-43-24-10-8-18(9-11-24)30(40)41/h2,5-6,8-14,21H,3-4,7,15-17H2,1H3,(H,40,41). The summed E-state index contributed by atoms with van der Waals surface area (Å²) >= 11 is 1.01. The summed E-state index contributed by atoms with van der Waals surface area (Å²) in [5, 5.41) is 13.1. The summed E-state index contributed by atoms with van der Waals surface area (Å²) < 4.78 is 54.9. The van der Waals surface area contributed by atoms with E-state index in [1.54, 1.807) is 31.4 Å². The van der Waals surface area contributed by atoms with E-state index >= 15 is 0 Å². The van der Waals surface area contributed by atoms with Gasteiger partial charge in [0, 0.05) is 35.5 Å². The summed E-state index contributed by atoms with van der Waals surface area (Å²) in [7, 11) is 1.64. The maximum absolute atomic E-state index is 14.1. The van der Waals surface area contributed by atoms with Gasteiger partial charge in [-0.1, -0.05) is 6.07 Å². The van der Waals surface area contributed by atoms with Crippen molar-refractivity contribution in [3.05, 3.63) is 100 Å². The number of aromatic carboxylic acids is 1. The molecule has 0 fully saturated rings. The second kappa shape index (κ2) is 12.0. The number of nitrogens with zero attached hydrogens (tertiary/aromatic N) is 4. The van der Waals surface area contributed by atoms with Crippen molar-refractivity contribution in [1.29, 1.82) is 0 Å². The van der Waals surface area contributed by atoms with Crippen LogP contribution in [0.15, 0.2) is 60.8 Å². The number of pyridine rings is 1. The Morgan fingerprint density at radius 3 is 2.68 bits per heavy atom. The molecule has 2 aliphatic rings. The molecule has 1 N–H and O–H groups in total. The number of aromatic nitrogens is 3. The van der Waals surface area contributed by atoms with Crippen molar-refractivity contribution >= 4 is 29.6 Å². The first-order chi connectivity index (χ1) is 21.1. The first-order valence-electron chi connectivity index (χ1n) is 13.9. The monoisotopic (exact) mass is 624 g/mol. The Morgan fingerprint density at radius 1 is 1.14 bits per heavy atom. The molecule has 2 aromatic carbocycles. The third kappa shape index (κ3) is 5.89. The molecule has 0 bridgehead atoms. The van der Waals surface area contributed by atoms with Crippen LogP contribution in [0.5, 0.6) is 5.75 Å². The number of aryl methyl sites for hydroxylation is 2. The van der Waals surface area contributed by atoms with Gasteiger partial charge in [-0.15, -0.1) is 0 Å². The van der Waals surface area contributed by atoms with Gasteiger partial charge < -0.3 is 18.9 Å². The van der Waals surface area contributed by atoms with Crippen LogP contribution >= 0.6 is 12.0 Å². The fraction of sp³-hybridized carbons (Fsp3) is 0.290. The van der Waals surface area contributed by atoms with Crippen LogP contribution < -0.4 is 9.08 Å². The van der Waals surface area contributed by atoms with Gasteiger partial charge in [0.25, 0.3) is 5.91 Å². The smallest absolute Gasteiger partial charge is 0.435 e. The summed E-state index contributed by atoms with van der Waals surface area (Å²) in [5.74, 6) is -1.30. The van der Waals surface area contributed by atoms with E-state index in [0.29, 0.717) is 22.8 Å². The number of ether oxygens (including phenoxy) is 1. The largest absolute Gasteiger partial charge is 0.478 e. The molecule has 44 heavy (non-hydrogen) atoms. The molecule has 3 heterocycles. The SMILES string of the molecule is CN(C(=O)c1cccc(-n2nc(C(F)(F)F)c3c2C(CSOc2ccc(C(=O)O)cc2)COC3)c1)c1cnc2c(c1)CCC2. The first kappa shape index (κ1) is 29.7. The molecule has 4 aromatic rings. The lowest BCUT2D eigenvalue weighted by molar-refractivity contribution is -0.142. The van der Waals surface area contributed by atoms with Crippen molar-refractivity contribution in [2.75, 3.05) is 24.3 Å². The molecule has 6 rings (SSSR count). The number of carboxylic acid groups (broad SMARTS) is 1. The van der Waals surface area contributed by atoms with Crippen molar-refractivity contribution < 1.29 is 36.8 Å². The Labute approximate surface area is 254 Å². The van der Waals surface area contributed by atoms with Crippen molar-refractivity contribution in [1.82, 2.24) is 14.8 Å². The summed E-state index contributed by atoms with van der Waals surface area (Å²) in [5.41, 5.74) is 2.74. The Hall–Kier alpha value is -4.36. The molecule has 0 saturated carbocycles. The minimum Gasteiger partial charge on any atom is -0.478 e. The fourth-order valence-electron chi connectivity index (χ4n) is 5.48. The van der Waals surface area contributed by atoms with E-state index in [0.717, 1.165) is 42.6 Å². The summed E-state index contributed by atoms with van der Waals surface area (Å²) in [6.07, 6.45) is -0.207. The number of benzene rings is 2. The quantitative estimate of drug-likeness (QED) is 0.235. The van der Waals surface area contributed by atoms with E-state index in [2.05, 4.69) is 10.1 Å². The molecule has 1 aliphatic heterocycles. The van der Waals surface area contributed by atoms with Crippen LogP contribution in [0.25, 0.3) is 5.69 Å². The van der Waals surface area contributed by atoms with Gasteiger partial charge in [0.05, 0.1) is 54.1 Å². The van der Waals surface area contributed by atoms with Crippen molar-refractivity contribution in [2.24, 2.45) is 0 Å². The number of rotatable bonds is 8. The zero-order valence-electron chi connectivity index (χ0n) is 23.5. The number of carboxylic acids is 1. The van der Waals surface area contributed by atoms with E-state index in [-0.39, 0.29) is 41.6 Å². The third-order valence-corrected chi connectivity index (χ3v) is 8.55. The van der Waals surface area contributed by atoms with E-state index < -0.39 is 23.8 Å². The van der Waals surface area contributed by atoms with Crippen LogP contribution in [0.4, 0.5) is 18.9 Å². The molecule has 0 spiro atoms. The van der Waals surface area contributed by atoms with E-state index in [4.69, 9.17) is 14.0 Å². The number of amides is 1. The van der Waals surface area contributed by atoms with Crippen LogP contribution in [0.3, 0.4) is 0 Å². The number of fused-ring (bicyclic) bond motifs is 2. The van der Waals surface area contributed by atoms with Gasteiger partial charge in [-0.25, -0.2) is 9.48 Å². The third-order valence-electron chi connectivity index (χ3n) is 7.70. The van der Waals surface area contributed by atoms with Gasteiger partial charge in [-0.2, -0.15) is 18.3 Å². The second-order valence-corrected chi connectivity index (χ2v) is 11.3. The lowest BCUT2D eigenvalue weighted by Crippen LogP contribution is -2.27. The van der Waals surface area contributed by atoms with Crippen molar-refractivity contribution in [3.8, 4) is 11.4 Å². The van der Waals surface area contributed by atoms with Gasteiger partial charge >= 0.3 is 12.1 Å². The topological polar surface area (TPSA) is 107 Å². The molecule has 1 aliphatic carbocycles. The lowest BCUT2D eigenvalue weighted by atomic mass is 9.99. The molecule has 1 unspecified atom stereocenters. The molecule has 2 aromatic heterocycles. The molecule has 1 atom stereocenters. The van der Waals surface area contributed by atoms with Gasteiger partial charge in [-0.05, 0) is 73.4 Å². The summed E-state index contributed by atoms with van der Waals surface area (Å²) in [6, 6.07) is 14.1. The predicted octanol–water partition coefficient (Wildman–Crippen LogP) is 6.09. The number of halogens is 3. The molecule has 1 amide bonds. The Morgan fingerprint density at radius 2 is 1.93 bits per heavy atom. The van der Waals surface area contributed by atoms with Crippen LogP contribution in [0.1, 0.15) is 61.3 Å². The molecule has 9 nitrogen and oxygen atoms in total. The molecule has 0 radical (unpaired) electrons. The molecule has 13 heteroatoms. The number of hydrogen-bond acceptors (Lipinski definition) is 7. The number of carbonyl (C=O) groups excluding carboxylic acids is 1. The highest BCUT2D eigenvalue weighted by Crippen LogP contribution is 2.40. The zero-order chi connectivity index (χ0) is 31.0. The minimum atomic E-state index is -4.72. The average Bonchev–Trinajstić information content (AvgIpc) is 3.66. The van der Waals surface area contributed by atoms with E-state index in [9.17, 15) is 22.8 Å². The Bertz CT molecular complexity index is 1720.